The van der Waals surface area contributed by atoms with Crippen LogP contribution >= 0.6 is 0 Å². The molecule has 0 aromatic carbocycles. The SMILES string of the molecule is CNC.C[Si](C)(C)C=CC=C[Si](C)(C)C.[CH3][Ti]([CH3])([CH3])([CH3])[C]1=CC=CC1. The molecule has 0 aromatic heterocycles. The number of hydrogen-bond donors (Lipinski definition) is 1. The van der Waals surface area contributed by atoms with Crippen molar-refractivity contribution in [2.45, 2.75) is 66.6 Å². The van der Waals surface area contributed by atoms with Crippen LogP contribution in [-0.2, 0) is 15.3 Å². The first-order chi connectivity index (χ1) is 11.0. The maximum absolute atomic E-state index is 2.75. The van der Waals surface area contributed by atoms with Crippen molar-refractivity contribution in [1.29, 1.82) is 0 Å². The van der Waals surface area contributed by atoms with Gasteiger partial charge in [-0.2, -0.15) is 0 Å². The minimum absolute atomic E-state index is 0.970. The zero-order valence-electron chi connectivity index (χ0n) is 19.2. The molecule has 0 amide bonds. The molecular formula is C21H46NSi2Ti. The van der Waals surface area contributed by atoms with Gasteiger partial charge in [-0.3, -0.25) is 0 Å². The molecule has 0 unspecified atom stereocenters. The van der Waals surface area contributed by atoms with Crippen molar-refractivity contribution < 1.29 is 15.3 Å². The summed E-state index contributed by atoms with van der Waals surface area (Å²) >= 11 is -2.02. The predicted octanol–water partition coefficient (Wildman–Crippen LogP) is 7.40. The van der Waals surface area contributed by atoms with Crippen molar-refractivity contribution >= 4 is 16.1 Å². The van der Waals surface area contributed by atoms with E-state index in [1.165, 1.54) is 6.42 Å². The van der Waals surface area contributed by atoms with E-state index in [0.717, 1.165) is 0 Å². The molecule has 4 heteroatoms. The Morgan fingerprint density at radius 1 is 0.840 bits per heavy atom. The standard InChI is InChI=1S/C10H22Si2.C5H5.C2H7N.4CH3.Ti/c1-11(2,3)9-7-8-10-12(4,5)6;1-2-4-5-3-1;1-3-2;;;;;/h7-10H,1-6H3;1-3H,4H2;3H,1-2H3;4*1H3;. The van der Waals surface area contributed by atoms with Gasteiger partial charge in [0.2, 0.25) is 0 Å². The van der Waals surface area contributed by atoms with Crippen LogP contribution in [0.3, 0.4) is 0 Å². The number of rotatable bonds is 4. The normalized spacial score (nSPS) is 16.6. The molecule has 1 rings (SSSR count). The van der Waals surface area contributed by atoms with E-state index in [1.54, 1.807) is 3.88 Å². The molecule has 0 saturated heterocycles. The van der Waals surface area contributed by atoms with Crippen molar-refractivity contribution in [1.82, 2.24) is 5.32 Å². The second-order valence-corrected chi connectivity index (χ2v) is 34.9. The Hall–Kier alpha value is 0.0681. The summed E-state index contributed by atoms with van der Waals surface area (Å²) < 4.78 is 1.72. The summed E-state index contributed by atoms with van der Waals surface area (Å²) in [6.45, 7) is 14.1. The summed E-state index contributed by atoms with van der Waals surface area (Å²) in [7, 11) is 1.81. The molecule has 1 aliphatic rings. The third-order valence-electron chi connectivity index (χ3n) is 3.36. The molecule has 0 bridgehead atoms. The van der Waals surface area contributed by atoms with Gasteiger partial charge in [-0.25, -0.2) is 0 Å². The van der Waals surface area contributed by atoms with Gasteiger partial charge < -0.3 is 5.32 Å². The molecular weight excluding hydrogens is 370 g/mol. The topological polar surface area (TPSA) is 12.0 Å². The van der Waals surface area contributed by atoms with E-state index in [1.807, 2.05) is 14.1 Å². The van der Waals surface area contributed by atoms with Crippen LogP contribution in [0.15, 0.2) is 45.7 Å². The van der Waals surface area contributed by atoms with Crippen LogP contribution in [0.1, 0.15) is 6.42 Å². The Morgan fingerprint density at radius 2 is 1.20 bits per heavy atom. The maximum atomic E-state index is 2.75. The molecule has 0 aliphatic heterocycles. The van der Waals surface area contributed by atoms with Crippen molar-refractivity contribution in [3.05, 3.63) is 45.7 Å². The van der Waals surface area contributed by atoms with E-state index in [2.05, 4.69) is 107 Å². The van der Waals surface area contributed by atoms with Gasteiger partial charge >= 0.3 is 64.7 Å². The zero-order chi connectivity index (χ0) is 20.4. The van der Waals surface area contributed by atoms with E-state index >= 15 is 0 Å². The summed E-state index contributed by atoms with van der Waals surface area (Å²) in [6, 6.07) is 0. The van der Waals surface area contributed by atoms with E-state index in [4.69, 9.17) is 0 Å². The van der Waals surface area contributed by atoms with Gasteiger partial charge in [0.05, 0.1) is 16.1 Å². The third kappa shape index (κ3) is 20.2. The fourth-order valence-corrected chi connectivity index (χ4v) is 5.90. The van der Waals surface area contributed by atoms with Crippen molar-refractivity contribution in [2.75, 3.05) is 14.1 Å². The van der Waals surface area contributed by atoms with E-state index in [-0.39, 0.29) is 0 Å². The Balaban J connectivity index is 0. The third-order valence-corrected chi connectivity index (χ3v) is 10.3. The summed E-state index contributed by atoms with van der Waals surface area (Å²) in [5.74, 6) is 0. The fraction of sp³-hybridized carbons (Fsp3) is 0.619. The van der Waals surface area contributed by atoms with Gasteiger partial charge in [-0.05, 0) is 14.1 Å². The van der Waals surface area contributed by atoms with Crippen molar-refractivity contribution in [2.24, 2.45) is 0 Å². The zero-order valence-corrected chi connectivity index (χ0v) is 22.8. The van der Waals surface area contributed by atoms with E-state index in [0.29, 0.717) is 0 Å². The Labute approximate surface area is 162 Å². The van der Waals surface area contributed by atoms with E-state index < -0.39 is 31.5 Å². The molecule has 0 fully saturated rings. The molecule has 1 aliphatic carbocycles. The molecule has 0 radical (unpaired) electrons. The van der Waals surface area contributed by atoms with Crippen LogP contribution in [0.25, 0.3) is 0 Å². The van der Waals surface area contributed by atoms with Gasteiger partial charge in [0.15, 0.2) is 0 Å². The average molecular weight is 417 g/mol. The molecule has 0 aromatic rings. The Kier molecular flexibility index (Phi) is 12.0. The summed E-state index contributed by atoms with van der Waals surface area (Å²) in [5, 5.41) is 12.6. The first kappa shape index (κ1) is 27.3. The van der Waals surface area contributed by atoms with Crippen LogP contribution < -0.4 is 5.32 Å². The monoisotopic (exact) mass is 416 g/mol. The molecule has 25 heavy (non-hydrogen) atoms. The molecule has 1 nitrogen and oxygen atoms in total. The first-order valence-corrected chi connectivity index (χ1v) is 23.7. The van der Waals surface area contributed by atoms with Crippen LogP contribution in [0.4, 0.5) is 0 Å². The molecule has 147 valence electrons. The van der Waals surface area contributed by atoms with Crippen LogP contribution in [-0.4, -0.2) is 30.2 Å². The molecule has 1 N–H and O–H groups in total. The van der Waals surface area contributed by atoms with Gasteiger partial charge in [-0.15, -0.1) is 0 Å². The van der Waals surface area contributed by atoms with E-state index in [9.17, 15) is 0 Å². The van der Waals surface area contributed by atoms with Crippen molar-refractivity contribution in [3.8, 4) is 0 Å². The molecule has 0 spiro atoms. The van der Waals surface area contributed by atoms with Gasteiger partial charge in [0.1, 0.15) is 0 Å². The molecule has 0 heterocycles. The second-order valence-electron chi connectivity index (χ2n) is 11.3. The molecule has 0 atom stereocenters. The number of nitrogens with one attached hydrogen (secondary N) is 1. The summed E-state index contributed by atoms with van der Waals surface area (Å²) in [6.07, 6.45) is 12.4. The minimum atomic E-state index is -2.02. The predicted molar refractivity (Wildman–Crippen MR) is 125 cm³/mol. The van der Waals surface area contributed by atoms with Crippen LogP contribution in [0.2, 0.25) is 60.2 Å². The second kappa shape index (κ2) is 11.0. The van der Waals surface area contributed by atoms with Crippen molar-refractivity contribution in [3.63, 3.8) is 0 Å². The molecule has 0 saturated carbocycles. The Bertz CT molecular complexity index is 461. The summed E-state index contributed by atoms with van der Waals surface area (Å²) in [5.41, 5.74) is 4.76. The Morgan fingerprint density at radius 3 is 1.36 bits per heavy atom. The van der Waals surface area contributed by atoms with Gasteiger partial charge in [0.25, 0.3) is 0 Å². The number of hydrogen-bond acceptors (Lipinski definition) is 1. The van der Waals surface area contributed by atoms with Gasteiger partial charge in [-0.1, -0.05) is 62.8 Å². The van der Waals surface area contributed by atoms with Crippen LogP contribution in [0.5, 0.6) is 0 Å². The average Bonchev–Trinajstić information content (AvgIpc) is 2.87. The van der Waals surface area contributed by atoms with Gasteiger partial charge in [0, 0.05) is 0 Å². The summed E-state index contributed by atoms with van der Waals surface area (Å²) in [4.78, 5) is 0. The van der Waals surface area contributed by atoms with Crippen LogP contribution in [0, 0.1) is 0 Å². The first-order valence-electron chi connectivity index (χ1n) is 9.54. The fourth-order valence-electron chi connectivity index (χ4n) is 1.88. The quantitative estimate of drug-likeness (QED) is 0.372. The number of allylic oxidation sites excluding steroid dienone is 6.